The summed E-state index contributed by atoms with van der Waals surface area (Å²) in [4.78, 5) is 18.5. The van der Waals surface area contributed by atoms with Gasteiger partial charge >= 0.3 is 0 Å². The van der Waals surface area contributed by atoms with Gasteiger partial charge in [0.2, 0.25) is 5.91 Å². The molecule has 1 aliphatic heterocycles. The number of rotatable bonds is 5. The zero-order valence-corrected chi connectivity index (χ0v) is 14.7. The molecular formula is C18H24FN5O. The smallest absolute Gasteiger partial charge is 0.239 e. The quantitative estimate of drug-likeness (QED) is 0.899. The van der Waals surface area contributed by atoms with E-state index in [1.54, 1.807) is 12.1 Å². The van der Waals surface area contributed by atoms with E-state index in [1.807, 2.05) is 18.5 Å². The van der Waals surface area contributed by atoms with Gasteiger partial charge in [0.05, 0.1) is 0 Å². The molecule has 2 heterocycles. The topological polar surface area (TPSA) is 77.0 Å². The van der Waals surface area contributed by atoms with Crippen LogP contribution in [-0.4, -0.2) is 38.7 Å². The van der Waals surface area contributed by atoms with Crippen molar-refractivity contribution in [3.63, 3.8) is 0 Å². The molecule has 3 rings (SSSR count). The molecule has 1 aromatic heterocycles. The van der Waals surface area contributed by atoms with Gasteiger partial charge in [-0.25, -0.2) is 14.1 Å². The van der Waals surface area contributed by atoms with Crippen LogP contribution in [0.1, 0.15) is 36.1 Å². The van der Waals surface area contributed by atoms with E-state index in [-0.39, 0.29) is 5.82 Å². The Labute approximate surface area is 146 Å². The summed E-state index contributed by atoms with van der Waals surface area (Å²) in [6.45, 7) is 6.16. The molecule has 2 atom stereocenters. The molecule has 2 unspecified atom stereocenters. The van der Waals surface area contributed by atoms with Crippen molar-refractivity contribution in [2.75, 3.05) is 13.1 Å². The lowest BCUT2D eigenvalue weighted by Gasteiger charge is -2.37. The summed E-state index contributed by atoms with van der Waals surface area (Å²) in [6.07, 6.45) is 2.06. The molecule has 0 aliphatic carbocycles. The predicted octanol–water partition coefficient (Wildman–Crippen LogP) is 1.97. The fourth-order valence-electron chi connectivity index (χ4n) is 3.66. The molecule has 0 bridgehead atoms. The van der Waals surface area contributed by atoms with Crippen molar-refractivity contribution in [3.05, 3.63) is 47.3 Å². The summed E-state index contributed by atoms with van der Waals surface area (Å²) in [7, 11) is 0. The minimum Gasteiger partial charge on any atom is -0.368 e. The maximum Gasteiger partial charge on any atom is 0.239 e. The molecule has 1 amide bonds. The Kier molecular flexibility index (Phi) is 5.13. The lowest BCUT2D eigenvalue weighted by atomic mass is 9.94. The fraction of sp³-hybridized carbons (Fsp3) is 0.500. The molecule has 7 heteroatoms. The summed E-state index contributed by atoms with van der Waals surface area (Å²) >= 11 is 0. The largest absolute Gasteiger partial charge is 0.368 e. The Morgan fingerprint density at radius 2 is 2.08 bits per heavy atom. The molecule has 0 radical (unpaired) electrons. The van der Waals surface area contributed by atoms with Crippen molar-refractivity contribution in [3.8, 4) is 0 Å². The number of carbonyl (C=O) groups excluding carboxylic acids is 1. The van der Waals surface area contributed by atoms with Crippen LogP contribution in [0.5, 0.6) is 0 Å². The van der Waals surface area contributed by atoms with Crippen LogP contribution in [-0.2, 0) is 11.3 Å². The standard InChI is InChI=1S/C18H24FN5O/c1-12-21-13(2)24(22-12)11-14-4-3-9-23(10-14)17(18(20)25)15-5-7-16(19)8-6-15/h5-8,14,17H,3-4,9-11H2,1-2H3,(H2,20,25). The van der Waals surface area contributed by atoms with Gasteiger partial charge < -0.3 is 5.73 Å². The lowest BCUT2D eigenvalue weighted by Crippen LogP contribution is -2.44. The molecule has 1 fully saturated rings. The first-order valence-electron chi connectivity index (χ1n) is 8.61. The SMILES string of the molecule is Cc1nc(C)n(CC2CCCN(C(C(N)=O)c3ccc(F)cc3)C2)n1. The van der Waals surface area contributed by atoms with Crippen LogP contribution < -0.4 is 5.73 Å². The van der Waals surface area contributed by atoms with E-state index in [4.69, 9.17) is 5.73 Å². The Morgan fingerprint density at radius 3 is 2.68 bits per heavy atom. The van der Waals surface area contributed by atoms with Crippen molar-refractivity contribution in [1.82, 2.24) is 19.7 Å². The average molecular weight is 345 g/mol. The van der Waals surface area contributed by atoms with Crippen molar-refractivity contribution in [2.45, 2.75) is 39.3 Å². The van der Waals surface area contributed by atoms with Crippen LogP contribution in [0.2, 0.25) is 0 Å². The Hall–Kier alpha value is -2.28. The van der Waals surface area contributed by atoms with Crippen LogP contribution in [0.25, 0.3) is 0 Å². The number of aryl methyl sites for hydroxylation is 2. The number of likely N-dealkylation sites (tertiary alicyclic amines) is 1. The number of hydrogen-bond donors (Lipinski definition) is 1. The molecule has 0 spiro atoms. The Balaban J connectivity index is 1.75. The number of piperidine rings is 1. The third-order valence-corrected chi connectivity index (χ3v) is 4.76. The van der Waals surface area contributed by atoms with Crippen molar-refractivity contribution in [2.24, 2.45) is 11.7 Å². The highest BCUT2D eigenvalue weighted by atomic mass is 19.1. The minimum absolute atomic E-state index is 0.319. The zero-order chi connectivity index (χ0) is 18.0. The summed E-state index contributed by atoms with van der Waals surface area (Å²) < 4.78 is 15.1. The molecule has 25 heavy (non-hydrogen) atoms. The van der Waals surface area contributed by atoms with Gasteiger partial charge in [-0.1, -0.05) is 12.1 Å². The number of nitrogens with zero attached hydrogens (tertiary/aromatic N) is 4. The fourth-order valence-corrected chi connectivity index (χ4v) is 3.66. The summed E-state index contributed by atoms with van der Waals surface area (Å²) in [5.74, 6) is 1.32. The summed E-state index contributed by atoms with van der Waals surface area (Å²) in [6, 6.07) is 5.49. The molecule has 1 aromatic carbocycles. The number of carbonyl (C=O) groups is 1. The number of aromatic nitrogens is 3. The Morgan fingerprint density at radius 1 is 1.36 bits per heavy atom. The van der Waals surface area contributed by atoms with Crippen molar-refractivity contribution in [1.29, 1.82) is 0 Å². The molecule has 6 nitrogen and oxygen atoms in total. The predicted molar refractivity (Wildman–Crippen MR) is 92.1 cm³/mol. The van der Waals surface area contributed by atoms with Gasteiger partial charge in [0.15, 0.2) is 0 Å². The second kappa shape index (κ2) is 7.31. The van der Waals surface area contributed by atoms with E-state index in [9.17, 15) is 9.18 Å². The summed E-state index contributed by atoms with van der Waals surface area (Å²) in [5, 5.41) is 4.43. The van der Waals surface area contributed by atoms with Crippen molar-refractivity contribution < 1.29 is 9.18 Å². The van der Waals surface area contributed by atoms with Gasteiger partial charge in [0.25, 0.3) is 0 Å². The van der Waals surface area contributed by atoms with E-state index in [1.165, 1.54) is 12.1 Å². The molecule has 1 aliphatic rings. The lowest BCUT2D eigenvalue weighted by molar-refractivity contribution is -0.124. The summed E-state index contributed by atoms with van der Waals surface area (Å²) in [5.41, 5.74) is 6.40. The van der Waals surface area contributed by atoms with Crippen LogP contribution in [0.4, 0.5) is 4.39 Å². The van der Waals surface area contributed by atoms with Gasteiger partial charge in [-0.15, -0.1) is 0 Å². The molecule has 1 saturated heterocycles. The van der Waals surface area contributed by atoms with Crippen molar-refractivity contribution >= 4 is 5.91 Å². The average Bonchev–Trinajstić information content (AvgIpc) is 2.87. The first-order chi connectivity index (χ1) is 11.9. The number of nitrogens with two attached hydrogens (primary N) is 1. The van der Waals surface area contributed by atoms with Gasteiger partial charge in [-0.05, 0) is 56.8 Å². The minimum atomic E-state index is -0.526. The second-order valence-electron chi connectivity index (χ2n) is 6.75. The van der Waals surface area contributed by atoms with Crippen LogP contribution >= 0.6 is 0 Å². The van der Waals surface area contributed by atoms with Gasteiger partial charge in [-0.2, -0.15) is 5.10 Å². The number of amides is 1. The zero-order valence-electron chi connectivity index (χ0n) is 14.7. The monoisotopic (exact) mass is 345 g/mol. The third kappa shape index (κ3) is 4.04. The number of halogens is 1. The highest BCUT2D eigenvalue weighted by Crippen LogP contribution is 2.28. The normalized spacial score (nSPS) is 19.7. The first-order valence-corrected chi connectivity index (χ1v) is 8.61. The maximum absolute atomic E-state index is 13.2. The van der Waals surface area contributed by atoms with E-state index in [0.717, 1.165) is 49.7 Å². The molecule has 2 N–H and O–H groups in total. The van der Waals surface area contributed by atoms with Gasteiger partial charge in [-0.3, -0.25) is 9.69 Å². The third-order valence-electron chi connectivity index (χ3n) is 4.76. The van der Waals surface area contributed by atoms with Gasteiger partial charge in [0, 0.05) is 13.1 Å². The van der Waals surface area contributed by atoms with E-state index in [0.29, 0.717) is 5.92 Å². The molecule has 134 valence electrons. The number of benzene rings is 1. The first kappa shape index (κ1) is 17.5. The van der Waals surface area contributed by atoms with Crippen LogP contribution in [0, 0.1) is 25.6 Å². The van der Waals surface area contributed by atoms with Gasteiger partial charge in [0.1, 0.15) is 23.5 Å². The Bertz CT molecular complexity index is 742. The van der Waals surface area contributed by atoms with E-state index in [2.05, 4.69) is 15.0 Å². The maximum atomic E-state index is 13.2. The van der Waals surface area contributed by atoms with Crippen LogP contribution in [0.3, 0.4) is 0 Å². The van der Waals surface area contributed by atoms with Crippen LogP contribution in [0.15, 0.2) is 24.3 Å². The highest BCUT2D eigenvalue weighted by Gasteiger charge is 2.31. The van der Waals surface area contributed by atoms with E-state index >= 15 is 0 Å². The number of primary amides is 1. The second-order valence-corrected chi connectivity index (χ2v) is 6.75. The molecular weight excluding hydrogens is 321 g/mol. The highest BCUT2D eigenvalue weighted by molar-refractivity contribution is 5.81. The number of hydrogen-bond acceptors (Lipinski definition) is 4. The molecule has 2 aromatic rings. The van der Waals surface area contributed by atoms with E-state index < -0.39 is 11.9 Å². The molecule has 0 saturated carbocycles.